The fraction of sp³-hybridized carbons (Fsp3) is 0.900. The van der Waals surface area contributed by atoms with Gasteiger partial charge >= 0.3 is 0 Å². The first-order valence-electron chi connectivity index (χ1n) is 5.38. The molecule has 0 radical (unpaired) electrons. The van der Waals surface area contributed by atoms with Crippen LogP contribution in [-0.2, 0) is 4.79 Å². The van der Waals surface area contributed by atoms with E-state index in [0.717, 1.165) is 25.9 Å². The molecule has 0 spiro atoms. The number of piperazine rings is 1. The van der Waals surface area contributed by atoms with E-state index in [4.69, 9.17) is 0 Å². The maximum atomic E-state index is 11.8. The Hall–Kier alpha value is -0.570. The van der Waals surface area contributed by atoms with Crippen molar-refractivity contribution in [1.29, 1.82) is 0 Å². The Morgan fingerprint density at radius 2 is 2.08 bits per heavy atom. The number of amides is 1. The molecule has 1 amide bonds. The molecule has 3 heteroatoms. The van der Waals surface area contributed by atoms with Crippen LogP contribution in [0.3, 0.4) is 0 Å². The van der Waals surface area contributed by atoms with E-state index < -0.39 is 0 Å². The van der Waals surface area contributed by atoms with Crippen LogP contribution in [0, 0.1) is 5.92 Å². The van der Waals surface area contributed by atoms with E-state index >= 15 is 0 Å². The van der Waals surface area contributed by atoms with E-state index in [1.165, 1.54) is 12.8 Å². The minimum atomic E-state index is 0.402. The Morgan fingerprint density at radius 3 is 2.54 bits per heavy atom. The van der Waals surface area contributed by atoms with Crippen LogP contribution in [0.5, 0.6) is 0 Å². The molecule has 0 aromatic carbocycles. The highest BCUT2D eigenvalue weighted by atomic mass is 16.2. The lowest BCUT2D eigenvalue weighted by atomic mass is 9.92. The summed E-state index contributed by atoms with van der Waals surface area (Å²) in [6.07, 6.45) is 4.76. The summed E-state index contributed by atoms with van der Waals surface area (Å²) >= 11 is 0. The standard InChI is InChI=1S/C10H16N2O/c13-10(7-1-2-7)12-6-8-3-4-9(12)5-11-8/h7-9,11H,1-6H2. The van der Waals surface area contributed by atoms with Gasteiger partial charge in [-0.15, -0.1) is 0 Å². The Morgan fingerprint density at radius 1 is 1.23 bits per heavy atom. The summed E-state index contributed by atoms with van der Waals surface area (Å²) in [5.41, 5.74) is 0. The maximum absolute atomic E-state index is 11.8. The summed E-state index contributed by atoms with van der Waals surface area (Å²) in [6.45, 7) is 2.00. The molecule has 4 aliphatic rings. The Labute approximate surface area is 78.5 Å². The largest absolute Gasteiger partial charge is 0.337 e. The summed E-state index contributed by atoms with van der Waals surface area (Å²) in [6, 6.07) is 1.10. The van der Waals surface area contributed by atoms with Crippen molar-refractivity contribution in [2.24, 2.45) is 5.92 Å². The van der Waals surface area contributed by atoms with E-state index in [-0.39, 0.29) is 0 Å². The first kappa shape index (κ1) is 7.80. The van der Waals surface area contributed by atoms with Crippen molar-refractivity contribution in [2.45, 2.75) is 37.8 Å². The Kier molecular flexibility index (Phi) is 1.62. The summed E-state index contributed by atoms with van der Waals surface area (Å²) in [4.78, 5) is 14.0. The van der Waals surface area contributed by atoms with Crippen LogP contribution in [-0.4, -0.2) is 36.0 Å². The van der Waals surface area contributed by atoms with Gasteiger partial charge in [-0.2, -0.15) is 0 Å². The first-order chi connectivity index (χ1) is 6.34. The van der Waals surface area contributed by atoms with Gasteiger partial charge in [0.05, 0.1) is 0 Å². The third-order valence-electron chi connectivity index (χ3n) is 3.56. The molecule has 3 aliphatic heterocycles. The highest BCUT2D eigenvalue weighted by Gasteiger charge is 2.41. The van der Waals surface area contributed by atoms with Gasteiger partial charge in [0.25, 0.3) is 0 Å². The van der Waals surface area contributed by atoms with Gasteiger partial charge in [-0.3, -0.25) is 4.79 Å². The number of nitrogens with one attached hydrogen (secondary N) is 1. The molecule has 0 aromatic heterocycles. The SMILES string of the molecule is O=C(C1CC1)N1CC2CCC1CN2. The fourth-order valence-electron chi connectivity index (χ4n) is 2.54. The van der Waals surface area contributed by atoms with Crippen molar-refractivity contribution in [2.75, 3.05) is 13.1 Å². The predicted octanol–water partition coefficient (Wildman–Crippen LogP) is 0.359. The van der Waals surface area contributed by atoms with Gasteiger partial charge in [0, 0.05) is 31.1 Å². The van der Waals surface area contributed by atoms with Crippen molar-refractivity contribution in [3.05, 3.63) is 0 Å². The normalized spacial score (nSPS) is 38.0. The first-order valence-corrected chi connectivity index (χ1v) is 5.38. The number of hydrogen-bond donors (Lipinski definition) is 1. The lowest BCUT2D eigenvalue weighted by molar-refractivity contribution is -0.138. The van der Waals surface area contributed by atoms with Crippen LogP contribution in [0.1, 0.15) is 25.7 Å². The summed E-state index contributed by atoms with van der Waals surface area (Å²) in [5, 5.41) is 3.47. The highest BCUT2D eigenvalue weighted by molar-refractivity contribution is 5.81. The number of carbonyl (C=O) groups is 1. The smallest absolute Gasteiger partial charge is 0.226 e. The minimum Gasteiger partial charge on any atom is -0.337 e. The van der Waals surface area contributed by atoms with Gasteiger partial charge in [0.15, 0.2) is 0 Å². The minimum absolute atomic E-state index is 0.402. The third kappa shape index (κ3) is 1.26. The summed E-state index contributed by atoms with van der Waals surface area (Å²) in [7, 11) is 0. The van der Waals surface area contributed by atoms with Crippen molar-refractivity contribution in [1.82, 2.24) is 10.2 Å². The second-order valence-electron chi connectivity index (χ2n) is 4.60. The van der Waals surface area contributed by atoms with Crippen molar-refractivity contribution < 1.29 is 4.79 Å². The molecule has 4 rings (SSSR count). The summed E-state index contributed by atoms with van der Waals surface area (Å²) < 4.78 is 0. The van der Waals surface area contributed by atoms with Crippen LogP contribution in [0.15, 0.2) is 0 Å². The van der Waals surface area contributed by atoms with E-state index in [1.807, 2.05) is 0 Å². The molecule has 13 heavy (non-hydrogen) atoms. The molecule has 3 saturated heterocycles. The molecule has 0 aromatic rings. The molecule has 1 aliphatic carbocycles. The fourth-order valence-corrected chi connectivity index (χ4v) is 2.54. The number of nitrogens with zero attached hydrogens (tertiary/aromatic N) is 1. The molecular formula is C10H16N2O. The molecule has 2 bridgehead atoms. The van der Waals surface area contributed by atoms with Crippen molar-refractivity contribution >= 4 is 5.91 Å². The molecule has 3 nitrogen and oxygen atoms in total. The average molecular weight is 180 g/mol. The maximum Gasteiger partial charge on any atom is 0.226 e. The number of piperidine rings is 2. The van der Waals surface area contributed by atoms with Crippen LogP contribution >= 0.6 is 0 Å². The second-order valence-corrected chi connectivity index (χ2v) is 4.60. The van der Waals surface area contributed by atoms with Gasteiger partial charge in [-0.05, 0) is 25.7 Å². The molecule has 1 saturated carbocycles. The van der Waals surface area contributed by atoms with Crippen molar-refractivity contribution in [3.8, 4) is 0 Å². The zero-order valence-corrected chi connectivity index (χ0v) is 7.83. The third-order valence-corrected chi connectivity index (χ3v) is 3.56. The van der Waals surface area contributed by atoms with Crippen LogP contribution in [0.2, 0.25) is 0 Å². The highest BCUT2D eigenvalue weighted by Crippen LogP contribution is 2.34. The molecule has 72 valence electrons. The number of rotatable bonds is 1. The zero-order valence-electron chi connectivity index (χ0n) is 7.83. The quantitative estimate of drug-likeness (QED) is 0.632. The van der Waals surface area contributed by atoms with Gasteiger partial charge < -0.3 is 10.2 Å². The molecule has 4 fully saturated rings. The lowest BCUT2D eigenvalue weighted by Gasteiger charge is -2.46. The Bertz CT molecular complexity index is 229. The monoisotopic (exact) mass is 180 g/mol. The van der Waals surface area contributed by atoms with Gasteiger partial charge in [0.2, 0.25) is 5.91 Å². The molecule has 1 N–H and O–H groups in total. The summed E-state index contributed by atoms with van der Waals surface area (Å²) in [5.74, 6) is 0.843. The molecule has 2 atom stereocenters. The van der Waals surface area contributed by atoms with Crippen LogP contribution in [0.25, 0.3) is 0 Å². The van der Waals surface area contributed by atoms with Crippen molar-refractivity contribution in [3.63, 3.8) is 0 Å². The van der Waals surface area contributed by atoms with E-state index in [2.05, 4.69) is 10.2 Å². The number of fused-ring (bicyclic) bond motifs is 3. The molecular weight excluding hydrogens is 164 g/mol. The second kappa shape index (κ2) is 2.71. The van der Waals surface area contributed by atoms with E-state index in [1.54, 1.807) is 0 Å². The zero-order chi connectivity index (χ0) is 8.84. The molecule has 3 heterocycles. The van der Waals surface area contributed by atoms with Crippen LogP contribution in [0.4, 0.5) is 0 Å². The number of carbonyl (C=O) groups excluding carboxylic acids is 1. The van der Waals surface area contributed by atoms with Gasteiger partial charge in [0.1, 0.15) is 0 Å². The van der Waals surface area contributed by atoms with Gasteiger partial charge in [-0.1, -0.05) is 0 Å². The van der Waals surface area contributed by atoms with E-state index in [9.17, 15) is 4.79 Å². The average Bonchev–Trinajstić information content (AvgIpc) is 3.02. The predicted molar refractivity (Wildman–Crippen MR) is 49.2 cm³/mol. The van der Waals surface area contributed by atoms with Gasteiger partial charge in [-0.25, -0.2) is 0 Å². The molecule has 2 unspecified atom stereocenters. The Balaban J connectivity index is 1.73. The lowest BCUT2D eigenvalue weighted by Crippen LogP contribution is -2.62. The van der Waals surface area contributed by atoms with Crippen LogP contribution < -0.4 is 5.32 Å². The topological polar surface area (TPSA) is 32.3 Å². The number of hydrogen-bond acceptors (Lipinski definition) is 2. The van der Waals surface area contributed by atoms with E-state index in [0.29, 0.717) is 23.9 Å².